The van der Waals surface area contributed by atoms with Gasteiger partial charge < -0.3 is 5.11 Å². The summed E-state index contributed by atoms with van der Waals surface area (Å²) >= 11 is 15.4. The third-order valence-corrected chi connectivity index (χ3v) is 4.00. The van der Waals surface area contributed by atoms with E-state index in [-0.39, 0.29) is 0 Å². The Morgan fingerprint density at radius 1 is 1.11 bits per heavy atom. The molecule has 0 aliphatic heterocycles. The van der Waals surface area contributed by atoms with Crippen molar-refractivity contribution in [2.45, 2.75) is 12.5 Å². The first-order chi connectivity index (χ1) is 8.58. The lowest BCUT2D eigenvalue weighted by Crippen LogP contribution is -2.03. The van der Waals surface area contributed by atoms with E-state index in [1.807, 2.05) is 30.3 Å². The van der Waals surface area contributed by atoms with Crippen LogP contribution in [0.15, 0.2) is 46.9 Å². The Morgan fingerprint density at radius 3 is 2.50 bits per heavy atom. The highest BCUT2D eigenvalue weighted by Gasteiger charge is 2.13. The Morgan fingerprint density at radius 2 is 1.83 bits per heavy atom. The van der Waals surface area contributed by atoms with Crippen LogP contribution < -0.4 is 0 Å². The van der Waals surface area contributed by atoms with Crippen LogP contribution in [0.25, 0.3) is 0 Å². The second-order valence-electron chi connectivity index (χ2n) is 3.98. The van der Waals surface area contributed by atoms with Gasteiger partial charge in [-0.3, -0.25) is 0 Å². The lowest BCUT2D eigenvalue weighted by atomic mass is 10.0. The number of benzene rings is 2. The molecule has 2 aromatic rings. The summed E-state index contributed by atoms with van der Waals surface area (Å²) in [6, 6.07) is 12.9. The van der Waals surface area contributed by atoms with Gasteiger partial charge in [-0.2, -0.15) is 0 Å². The molecule has 2 aromatic carbocycles. The second-order valence-corrected chi connectivity index (χ2v) is 5.68. The van der Waals surface area contributed by atoms with Crippen LogP contribution in [-0.4, -0.2) is 5.11 Å². The predicted octanol–water partition coefficient (Wildman–Crippen LogP) is 5.03. The van der Waals surface area contributed by atoms with Crippen molar-refractivity contribution in [2.24, 2.45) is 0 Å². The molecule has 0 aliphatic carbocycles. The number of hydrogen-bond acceptors (Lipinski definition) is 1. The number of halogens is 3. The lowest BCUT2D eigenvalue weighted by Gasteiger charge is -2.14. The van der Waals surface area contributed by atoms with Gasteiger partial charge in [0.1, 0.15) is 0 Å². The van der Waals surface area contributed by atoms with Gasteiger partial charge in [-0.15, -0.1) is 0 Å². The van der Waals surface area contributed by atoms with Crippen LogP contribution in [0.1, 0.15) is 17.2 Å². The van der Waals surface area contributed by atoms with E-state index in [9.17, 15) is 5.11 Å². The van der Waals surface area contributed by atoms with Crippen molar-refractivity contribution in [1.82, 2.24) is 0 Å². The standard InChI is InChI=1S/C14H11BrCl2O/c15-12-4-2-1-3-11(12)14(18)7-9-5-6-10(16)8-13(9)17/h1-6,8,14,18H,7H2. The molecule has 94 valence electrons. The van der Waals surface area contributed by atoms with Crippen molar-refractivity contribution in [3.63, 3.8) is 0 Å². The van der Waals surface area contributed by atoms with Crippen LogP contribution in [-0.2, 0) is 6.42 Å². The molecule has 1 N–H and O–H groups in total. The van der Waals surface area contributed by atoms with Crippen molar-refractivity contribution in [3.05, 3.63) is 68.1 Å². The molecule has 0 amide bonds. The van der Waals surface area contributed by atoms with Gasteiger partial charge in [0.2, 0.25) is 0 Å². The summed E-state index contributed by atoms with van der Waals surface area (Å²) in [5.74, 6) is 0. The molecule has 18 heavy (non-hydrogen) atoms. The van der Waals surface area contributed by atoms with Gasteiger partial charge in [0.05, 0.1) is 6.10 Å². The Bertz CT molecular complexity index is 557. The largest absolute Gasteiger partial charge is 0.388 e. The van der Waals surface area contributed by atoms with Crippen molar-refractivity contribution in [1.29, 1.82) is 0 Å². The van der Waals surface area contributed by atoms with E-state index < -0.39 is 6.10 Å². The Labute approximate surface area is 124 Å². The molecular formula is C14H11BrCl2O. The zero-order valence-corrected chi connectivity index (χ0v) is 12.5. The molecule has 0 heterocycles. The minimum Gasteiger partial charge on any atom is -0.388 e. The summed E-state index contributed by atoms with van der Waals surface area (Å²) in [6.07, 6.45) is -0.141. The molecule has 2 rings (SSSR count). The molecule has 0 saturated carbocycles. The molecule has 0 radical (unpaired) electrons. The van der Waals surface area contributed by atoms with E-state index in [0.717, 1.165) is 15.6 Å². The first-order valence-electron chi connectivity index (χ1n) is 5.44. The summed E-state index contributed by atoms with van der Waals surface area (Å²) in [6.45, 7) is 0. The van der Waals surface area contributed by atoms with Crippen LogP contribution in [0.4, 0.5) is 0 Å². The molecule has 1 unspecified atom stereocenters. The third kappa shape index (κ3) is 3.27. The number of hydrogen-bond donors (Lipinski definition) is 1. The zero-order chi connectivity index (χ0) is 13.1. The minimum atomic E-state index is -0.598. The van der Waals surface area contributed by atoms with E-state index in [4.69, 9.17) is 23.2 Å². The van der Waals surface area contributed by atoms with Crippen LogP contribution in [0, 0.1) is 0 Å². The molecule has 1 nitrogen and oxygen atoms in total. The molecule has 1 atom stereocenters. The normalized spacial score (nSPS) is 12.4. The second kappa shape index (κ2) is 6.07. The summed E-state index contributed by atoms with van der Waals surface area (Å²) in [7, 11) is 0. The van der Waals surface area contributed by atoms with Gasteiger partial charge in [0.25, 0.3) is 0 Å². The SMILES string of the molecule is OC(Cc1ccc(Cl)cc1Cl)c1ccccc1Br. The average molecular weight is 346 g/mol. The van der Waals surface area contributed by atoms with Crippen molar-refractivity contribution in [3.8, 4) is 0 Å². The first-order valence-corrected chi connectivity index (χ1v) is 6.99. The fourth-order valence-electron chi connectivity index (χ4n) is 1.75. The Kier molecular flexibility index (Phi) is 4.68. The molecule has 0 fully saturated rings. The van der Waals surface area contributed by atoms with Gasteiger partial charge in [0, 0.05) is 20.9 Å². The van der Waals surface area contributed by atoms with Gasteiger partial charge in [-0.05, 0) is 29.3 Å². The molecule has 0 aromatic heterocycles. The number of rotatable bonds is 3. The highest BCUT2D eigenvalue weighted by atomic mass is 79.9. The summed E-state index contributed by atoms with van der Waals surface area (Å²) in [5, 5.41) is 11.4. The van der Waals surface area contributed by atoms with Gasteiger partial charge in [0.15, 0.2) is 0 Å². The zero-order valence-electron chi connectivity index (χ0n) is 9.41. The molecule has 0 bridgehead atoms. The van der Waals surface area contributed by atoms with Crippen molar-refractivity contribution in [2.75, 3.05) is 0 Å². The minimum absolute atomic E-state index is 0.457. The average Bonchev–Trinajstić information content (AvgIpc) is 2.33. The highest BCUT2D eigenvalue weighted by Crippen LogP contribution is 2.29. The van der Waals surface area contributed by atoms with Crippen LogP contribution >= 0.6 is 39.1 Å². The molecule has 0 aliphatic rings. The quantitative estimate of drug-likeness (QED) is 0.826. The Balaban J connectivity index is 2.21. The van der Waals surface area contributed by atoms with Gasteiger partial charge >= 0.3 is 0 Å². The summed E-state index contributed by atoms with van der Waals surface area (Å²) in [4.78, 5) is 0. The molecule has 0 spiro atoms. The van der Waals surface area contributed by atoms with Crippen molar-refractivity contribution >= 4 is 39.1 Å². The van der Waals surface area contributed by atoms with Crippen molar-refractivity contribution < 1.29 is 5.11 Å². The van der Waals surface area contributed by atoms with Gasteiger partial charge in [-0.25, -0.2) is 0 Å². The number of aliphatic hydroxyl groups excluding tert-OH is 1. The van der Waals surface area contributed by atoms with Gasteiger partial charge in [-0.1, -0.05) is 63.4 Å². The van der Waals surface area contributed by atoms with E-state index in [0.29, 0.717) is 16.5 Å². The smallest absolute Gasteiger partial charge is 0.0841 e. The topological polar surface area (TPSA) is 20.2 Å². The predicted molar refractivity (Wildman–Crippen MR) is 79.3 cm³/mol. The van der Waals surface area contributed by atoms with Crippen LogP contribution in [0.3, 0.4) is 0 Å². The maximum atomic E-state index is 10.2. The maximum absolute atomic E-state index is 10.2. The third-order valence-electron chi connectivity index (χ3n) is 2.69. The molecule has 0 saturated heterocycles. The monoisotopic (exact) mass is 344 g/mol. The lowest BCUT2D eigenvalue weighted by molar-refractivity contribution is 0.177. The Hall–Kier alpha value is -0.540. The van der Waals surface area contributed by atoms with Crippen LogP contribution in [0.5, 0.6) is 0 Å². The van der Waals surface area contributed by atoms with Crippen LogP contribution in [0.2, 0.25) is 10.0 Å². The molecule has 4 heteroatoms. The summed E-state index contributed by atoms with van der Waals surface area (Å²) < 4.78 is 0.891. The van der Waals surface area contributed by atoms with E-state index in [2.05, 4.69) is 15.9 Å². The highest BCUT2D eigenvalue weighted by molar-refractivity contribution is 9.10. The van der Waals surface area contributed by atoms with E-state index >= 15 is 0 Å². The van der Waals surface area contributed by atoms with E-state index in [1.54, 1.807) is 12.1 Å². The summed E-state index contributed by atoms with van der Waals surface area (Å²) in [5.41, 5.74) is 1.73. The maximum Gasteiger partial charge on any atom is 0.0841 e. The fraction of sp³-hybridized carbons (Fsp3) is 0.143. The van der Waals surface area contributed by atoms with E-state index in [1.165, 1.54) is 0 Å². The fourth-order valence-corrected chi connectivity index (χ4v) is 2.79. The molecular weight excluding hydrogens is 335 g/mol. The first kappa shape index (κ1) is 13.9. The number of aliphatic hydroxyl groups is 1.